The topological polar surface area (TPSA) is 45.4 Å². The third kappa shape index (κ3) is 6.41. The Morgan fingerprint density at radius 2 is 2.00 bits per heavy atom. The van der Waals surface area contributed by atoms with E-state index < -0.39 is 0 Å². The predicted molar refractivity (Wildman–Crippen MR) is 81.0 cm³/mol. The van der Waals surface area contributed by atoms with Gasteiger partial charge >= 0.3 is 0 Å². The van der Waals surface area contributed by atoms with E-state index in [0.29, 0.717) is 0 Å². The quantitative estimate of drug-likeness (QED) is 0.751. The molecule has 0 aliphatic rings. The maximum absolute atomic E-state index is 12.8. The fourth-order valence-corrected chi connectivity index (χ4v) is 2.11. The maximum atomic E-state index is 12.8. The molecule has 4 nitrogen and oxygen atoms in total. The molecule has 0 spiro atoms. The number of nitrogens with two attached hydrogens (primary N) is 1. The Balaban J connectivity index is 2.33. The van der Waals surface area contributed by atoms with Crippen molar-refractivity contribution < 1.29 is 4.39 Å². The Kier molecular flexibility index (Phi) is 7.65. The number of aromatic nitrogens is 1. The summed E-state index contributed by atoms with van der Waals surface area (Å²) in [5, 5.41) is 0. The first kappa shape index (κ1) is 17.0. The molecule has 1 heterocycles. The van der Waals surface area contributed by atoms with Crippen LogP contribution in [0.2, 0.25) is 0 Å². The third-order valence-electron chi connectivity index (χ3n) is 3.41. The molecule has 0 saturated heterocycles. The van der Waals surface area contributed by atoms with Crippen molar-refractivity contribution in [1.29, 1.82) is 0 Å². The monoisotopic (exact) mass is 282 g/mol. The van der Waals surface area contributed by atoms with E-state index in [-0.39, 0.29) is 11.9 Å². The molecule has 114 valence electrons. The van der Waals surface area contributed by atoms with Crippen LogP contribution in [-0.2, 0) is 0 Å². The van der Waals surface area contributed by atoms with Gasteiger partial charge in [-0.25, -0.2) is 4.39 Å². The zero-order valence-corrected chi connectivity index (χ0v) is 12.8. The first-order chi connectivity index (χ1) is 9.52. The SMILES string of the molecule is CCN(CCCN(C)C)CCC(N)c1ccc(F)cn1. The molecule has 0 radical (unpaired) electrons. The van der Waals surface area contributed by atoms with E-state index in [4.69, 9.17) is 5.73 Å². The van der Waals surface area contributed by atoms with Crippen LogP contribution < -0.4 is 5.73 Å². The highest BCUT2D eigenvalue weighted by atomic mass is 19.1. The predicted octanol–water partition coefficient (Wildman–Crippen LogP) is 1.88. The molecular formula is C15H27FN4. The van der Waals surface area contributed by atoms with Gasteiger partial charge in [0, 0.05) is 6.04 Å². The van der Waals surface area contributed by atoms with Crippen molar-refractivity contribution in [2.24, 2.45) is 5.73 Å². The lowest BCUT2D eigenvalue weighted by Gasteiger charge is -2.23. The van der Waals surface area contributed by atoms with Gasteiger partial charge in [0.05, 0.1) is 11.9 Å². The molecule has 1 aromatic heterocycles. The number of hydrogen-bond donors (Lipinski definition) is 1. The molecule has 5 heteroatoms. The van der Waals surface area contributed by atoms with Gasteiger partial charge in [-0.2, -0.15) is 0 Å². The molecule has 1 unspecified atom stereocenters. The van der Waals surface area contributed by atoms with Gasteiger partial charge in [-0.3, -0.25) is 4.98 Å². The van der Waals surface area contributed by atoms with Crippen LogP contribution in [0.25, 0.3) is 0 Å². The van der Waals surface area contributed by atoms with E-state index >= 15 is 0 Å². The van der Waals surface area contributed by atoms with E-state index in [2.05, 4.69) is 35.8 Å². The van der Waals surface area contributed by atoms with Crippen LogP contribution in [0.4, 0.5) is 4.39 Å². The van der Waals surface area contributed by atoms with Gasteiger partial charge in [0.15, 0.2) is 0 Å². The molecular weight excluding hydrogens is 255 g/mol. The van der Waals surface area contributed by atoms with Crippen molar-refractivity contribution in [3.63, 3.8) is 0 Å². The Labute approximate surface area is 121 Å². The summed E-state index contributed by atoms with van der Waals surface area (Å²) in [6.45, 7) is 6.32. The van der Waals surface area contributed by atoms with Gasteiger partial charge in [-0.1, -0.05) is 6.92 Å². The van der Waals surface area contributed by atoms with E-state index in [0.717, 1.165) is 44.7 Å². The van der Waals surface area contributed by atoms with Crippen LogP contribution in [0.5, 0.6) is 0 Å². The van der Waals surface area contributed by atoms with Crippen LogP contribution in [-0.4, -0.2) is 55.1 Å². The largest absolute Gasteiger partial charge is 0.323 e. The van der Waals surface area contributed by atoms with Crippen LogP contribution >= 0.6 is 0 Å². The fourth-order valence-electron chi connectivity index (χ4n) is 2.11. The summed E-state index contributed by atoms with van der Waals surface area (Å²) < 4.78 is 12.8. The van der Waals surface area contributed by atoms with Gasteiger partial charge in [0.25, 0.3) is 0 Å². The van der Waals surface area contributed by atoms with Gasteiger partial charge in [-0.05, 0) is 65.2 Å². The number of rotatable bonds is 9. The van der Waals surface area contributed by atoms with Crippen molar-refractivity contribution in [2.75, 3.05) is 40.3 Å². The molecule has 2 N–H and O–H groups in total. The summed E-state index contributed by atoms with van der Waals surface area (Å²) in [7, 11) is 4.18. The van der Waals surface area contributed by atoms with E-state index in [1.807, 2.05) is 0 Å². The summed E-state index contributed by atoms with van der Waals surface area (Å²) in [6.07, 6.45) is 3.23. The van der Waals surface area contributed by atoms with Crippen molar-refractivity contribution in [1.82, 2.24) is 14.8 Å². The van der Waals surface area contributed by atoms with Crippen LogP contribution in [0, 0.1) is 5.82 Å². The Morgan fingerprint density at radius 3 is 2.55 bits per heavy atom. The van der Waals surface area contributed by atoms with Crippen LogP contribution in [0.1, 0.15) is 31.5 Å². The molecule has 0 aliphatic carbocycles. The zero-order chi connectivity index (χ0) is 15.0. The minimum Gasteiger partial charge on any atom is -0.323 e. The smallest absolute Gasteiger partial charge is 0.141 e. The van der Waals surface area contributed by atoms with Crippen molar-refractivity contribution in [3.8, 4) is 0 Å². The highest BCUT2D eigenvalue weighted by molar-refractivity contribution is 5.09. The van der Waals surface area contributed by atoms with Crippen molar-refractivity contribution in [2.45, 2.75) is 25.8 Å². The minimum absolute atomic E-state index is 0.126. The normalized spacial score (nSPS) is 13.2. The molecule has 1 atom stereocenters. The van der Waals surface area contributed by atoms with Gasteiger partial charge in [0.1, 0.15) is 5.82 Å². The summed E-state index contributed by atoms with van der Waals surface area (Å²) >= 11 is 0. The molecule has 1 aromatic rings. The van der Waals surface area contributed by atoms with E-state index in [1.54, 1.807) is 6.07 Å². The van der Waals surface area contributed by atoms with Crippen molar-refractivity contribution >= 4 is 0 Å². The first-order valence-electron chi connectivity index (χ1n) is 7.27. The zero-order valence-electron chi connectivity index (χ0n) is 12.8. The van der Waals surface area contributed by atoms with Gasteiger partial charge in [0.2, 0.25) is 0 Å². The molecule has 0 aliphatic heterocycles. The molecule has 0 fully saturated rings. The second kappa shape index (κ2) is 9.00. The first-order valence-corrected chi connectivity index (χ1v) is 7.27. The summed E-state index contributed by atoms with van der Waals surface area (Å²) in [6, 6.07) is 2.96. The maximum Gasteiger partial charge on any atom is 0.141 e. The Hall–Kier alpha value is -1.04. The Bertz CT molecular complexity index is 367. The second-order valence-electron chi connectivity index (χ2n) is 5.39. The van der Waals surface area contributed by atoms with Crippen molar-refractivity contribution in [3.05, 3.63) is 29.8 Å². The van der Waals surface area contributed by atoms with Gasteiger partial charge < -0.3 is 15.5 Å². The number of halogens is 1. The van der Waals surface area contributed by atoms with Crippen LogP contribution in [0.3, 0.4) is 0 Å². The highest BCUT2D eigenvalue weighted by Gasteiger charge is 2.10. The lowest BCUT2D eigenvalue weighted by atomic mass is 10.1. The molecule has 0 amide bonds. The molecule has 20 heavy (non-hydrogen) atoms. The number of pyridine rings is 1. The third-order valence-corrected chi connectivity index (χ3v) is 3.41. The lowest BCUT2D eigenvalue weighted by molar-refractivity contribution is 0.257. The summed E-state index contributed by atoms with van der Waals surface area (Å²) in [5.41, 5.74) is 6.87. The number of nitrogens with zero attached hydrogens (tertiary/aromatic N) is 3. The fraction of sp³-hybridized carbons (Fsp3) is 0.667. The summed E-state index contributed by atoms with van der Waals surface area (Å²) in [5.74, 6) is -0.320. The average Bonchev–Trinajstić information content (AvgIpc) is 2.42. The molecule has 0 aromatic carbocycles. The average molecular weight is 282 g/mol. The summed E-state index contributed by atoms with van der Waals surface area (Å²) in [4.78, 5) is 8.63. The standard InChI is InChI=1S/C15H27FN4/c1-4-20(10-5-9-19(2)3)11-8-14(17)15-7-6-13(16)12-18-15/h6-7,12,14H,4-5,8-11,17H2,1-3H3. The molecule has 1 rings (SSSR count). The Morgan fingerprint density at radius 1 is 1.25 bits per heavy atom. The number of hydrogen-bond acceptors (Lipinski definition) is 4. The lowest BCUT2D eigenvalue weighted by Crippen LogP contribution is -2.30. The van der Waals surface area contributed by atoms with Crippen LogP contribution in [0.15, 0.2) is 18.3 Å². The molecule has 0 saturated carbocycles. The van der Waals surface area contributed by atoms with E-state index in [1.165, 1.54) is 12.3 Å². The molecule has 0 bridgehead atoms. The minimum atomic E-state index is -0.320. The second-order valence-corrected chi connectivity index (χ2v) is 5.39. The van der Waals surface area contributed by atoms with Gasteiger partial charge in [-0.15, -0.1) is 0 Å². The highest BCUT2D eigenvalue weighted by Crippen LogP contribution is 2.12. The van der Waals surface area contributed by atoms with E-state index in [9.17, 15) is 4.39 Å².